The van der Waals surface area contributed by atoms with Crippen LogP contribution in [0.4, 0.5) is 11.4 Å². The number of furan rings is 1. The van der Waals surface area contributed by atoms with E-state index in [0.717, 1.165) is 50.1 Å². The van der Waals surface area contributed by atoms with E-state index in [0.29, 0.717) is 11.4 Å². The van der Waals surface area contributed by atoms with Gasteiger partial charge in [-0.05, 0) is 106 Å². The number of rotatable bonds is 8. The van der Waals surface area contributed by atoms with E-state index in [4.69, 9.17) is 9.40 Å². The summed E-state index contributed by atoms with van der Waals surface area (Å²) in [6.07, 6.45) is 1.89. The number of para-hydroxylation sites is 1. The molecule has 0 atom stereocenters. The highest BCUT2D eigenvalue weighted by atomic mass is 16.3. The van der Waals surface area contributed by atoms with Gasteiger partial charge < -0.3 is 4.42 Å². The first-order valence-electron chi connectivity index (χ1n) is 18.4. The Kier molecular flexibility index (Phi) is 8.97. The third kappa shape index (κ3) is 6.42. The van der Waals surface area contributed by atoms with Gasteiger partial charge in [-0.25, -0.2) is 0 Å². The Balaban J connectivity index is 1.27. The number of benzene rings is 6. The van der Waals surface area contributed by atoms with E-state index in [9.17, 15) is 5.41 Å². The van der Waals surface area contributed by atoms with Crippen LogP contribution in [0.1, 0.15) is 61.9 Å². The molecule has 0 amide bonds. The van der Waals surface area contributed by atoms with Crippen molar-refractivity contribution in [1.29, 1.82) is 5.41 Å². The summed E-state index contributed by atoms with van der Waals surface area (Å²) in [4.78, 5) is 6.80. The van der Waals surface area contributed by atoms with E-state index in [1.165, 1.54) is 33.4 Å². The van der Waals surface area contributed by atoms with Crippen LogP contribution in [-0.4, -0.2) is 10.8 Å². The Morgan fingerprint density at radius 2 is 1.13 bits per heavy atom. The van der Waals surface area contributed by atoms with Gasteiger partial charge in [0.15, 0.2) is 0 Å². The first kappa shape index (κ1) is 33.9. The lowest BCUT2D eigenvalue weighted by Gasteiger charge is -2.32. The van der Waals surface area contributed by atoms with Crippen LogP contribution in [0.3, 0.4) is 0 Å². The van der Waals surface area contributed by atoms with Crippen molar-refractivity contribution in [3.8, 4) is 33.4 Å². The molecule has 260 valence electrons. The fourth-order valence-electron chi connectivity index (χ4n) is 7.35. The van der Waals surface area contributed by atoms with Gasteiger partial charge in [-0.3, -0.25) is 15.3 Å². The van der Waals surface area contributed by atoms with Gasteiger partial charge in [0.25, 0.3) is 0 Å². The molecule has 0 fully saturated rings. The molecule has 4 nitrogen and oxygen atoms in total. The van der Waals surface area contributed by atoms with Crippen molar-refractivity contribution in [3.05, 3.63) is 174 Å². The maximum absolute atomic E-state index is 10.1. The van der Waals surface area contributed by atoms with Crippen LogP contribution in [0.2, 0.25) is 0 Å². The van der Waals surface area contributed by atoms with Crippen LogP contribution in [0.25, 0.3) is 55.3 Å². The van der Waals surface area contributed by atoms with E-state index in [1.807, 2.05) is 37.4 Å². The molecular weight excluding hydrogens is 647 g/mol. The molecule has 8 rings (SSSR count). The molecule has 0 aliphatic carbocycles. The molecule has 2 heterocycles. The van der Waals surface area contributed by atoms with Crippen LogP contribution in [0.15, 0.2) is 156 Å². The minimum atomic E-state index is 0.196. The normalized spacial score (nSPS) is 11.5. The Morgan fingerprint density at radius 3 is 1.72 bits per heavy atom. The molecule has 0 spiro atoms. The van der Waals surface area contributed by atoms with E-state index >= 15 is 0 Å². The van der Waals surface area contributed by atoms with Crippen molar-refractivity contribution in [2.75, 3.05) is 4.90 Å². The fourth-order valence-corrected chi connectivity index (χ4v) is 7.35. The second-order valence-corrected chi connectivity index (χ2v) is 14.5. The molecule has 2 aromatic heterocycles. The minimum absolute atomic E-state index is 0.196. The van der Waals surface area contributed by atoms with E-state index in [-0.39, 0.29) is 11.8 Å². The second kappa shape index (κ2) is 14.0. The van der Waals surface area contributed by atoms with Crippen molar-refractivity contribution in [2.45, 2.75) is 46.5 Å². The largest absolute Gasteiger partial charge is 0.455 e. The molecule has 8 aromatic rings. The maximum Gasteiger partial charge on any atom is 0.146 e. The van der Waals surface area contributed by atoms with Crippen LogP contribution < -0.4 is 4.90 Å². The van der Waals surface area contributed by atoms with Gasteiger partial charge in [0.05, 0.1) is 23.1 Å². The quantitative estimate of drug-likeness (QED) is 0.128. The molecule has 0 radical (unpaired) electrons. The third-order valence-electron chi connectivity index (χ3n) is 10.2. The predicted molar refractivity (Wildman–Crippen MR) is 223 cm³/mol. The van der Waals surface area contributed by atoms with Crippen LogP contribution in [0, 0.1) is 12.3 Å². The number of fused-ring (bicyclic) bond motifs is 3. The summed E-state index contributed by atoms with van der Waals surface area (Å²) in [6.45, 7) is 10.9. The summed E-state index contributed by atoms with van der Waals surface area (Å²) in [5.74, 6) is 0.734. The first-order valence-corrected chi connectivity index (χ1v) is 18.4. The van der Waals surface area contributed by atoms with Gasteiger partial charge in [0.2, 0.25) is 0 Å². The molecule has 6 aromatic carbocycles. The molecule has 0 saturated carbocycles. The average Bonchev–Trinajstić information content (AvgIpc) is 3.57. The molecule has 0 saturated heterocycles. The van der Waals surface area contributed by atoms with E-state index < -0.39 is 0 Å². The zero-order valence-electron chi connectivity index (χ0n) is 30.9. The van der Waals surface area contributed by atoms with Crippen molar-refractivity contribution in [1.82, 2.24) is 4.98 Å². The lowest BCUT2D eigenvalue weighted by atomic mass is 9.87. The highest BCUT2D eigenvalue weighted by Gasteiger charge is 2.28. The van der Waals surface area contributed by atoms with Gasteiger partial charge in [-0.2, -0.15) is 0 Å². The fraction of sp³-hybridized carbons (Fsp3) is 0.143. The summed E-state index contributed by atoms with van der Waals surface area (Å²) in [7, 11) is 0. The number of nitrogens with zero attached hydrogens (tertiary/aromatic N) is 2. The standard InChI is InChI=1S/C49H43N3O/c1-31(2)44-27-39(35-15-10-7-11-16-35)28-45(32(3)4)47(44)52(40-25-19-33(5)51-30-40)49(50)43-18-12-17-42-41-26-24-38(29-46(41)53-48(42)43)37-22-20-36(21-23-37)34-13-8-6-9-14-34/h6-32,50H,1-5H3. The number of amidine groups is 1. The van der Waals surface area contributed by atoms with Crippen molar-refractivity contribution in [3.63, 3.8) is 0 Å². The number of hydrogen-bond donors (Lipinski definition) is 1. The number of pyridine rings is 1. The van der Waals surface area contributed by atoms with Crippen LogP contribution in [-0.2, 0) is 0 Å². The molecular formula is C49H43N3O. The highest BCUT2D eigenvalue weighted by molar-refractivity contribution is 6.21. The lowest BCUT2D eigenvalue weighted by molar-refractivity contribution is 0.668. The first-order chi connectivity index (χ1) is 25.8. The summed E-state index contributed by atoms with van der Waals surface area (Å²) in [6, 6.07) is 51.0. The second-order valence-electron chi connectivity index (χ2n) is 14.5. The zero-order chi connectivity index (χ0) is 36.6. The van der Waals surface area contributed by atoms with Gasteiger partial charge in [-0.15, -0.1) is 0 Å². The zero-order valence-corrected chi connectivity index (χ0v) is 30.9. The SMILES string of the molecule is Cc1ccc(N(C(=N)c2cccc3c2oc2cc(-c4ccc(-c5ccccc5)cc4)ccc23)c2c(C(C)C)cc(-c3ccccc3)cc2C(C)C)cn1. The smallest absolute Gasteiger partial charge is 0.146 e. The number of hydrogen-bond acceptors (Lipinski definition) is 3. The van der Waals surface area contributed by atoms with Crippen molar-refractivity contribution in [2.24, 2.45) is 0 Å². The Labute approximate surface area is 311 Å². The topological polar surface area (TPSA) is 53.1 Å². The summed E-state index contributed by atoms with van der Waals surface area (Å²) in [5, 5.41) is 12.1. The maximum atomic E-state index is 10.1. The van der Waals surface area contributed by atoms with Gasteiger partial charge in [0, 0.05) is 16.5 Å². The Hall–Kier alpha value is -6.26. The van der Waals surface area contributed by atoms with Gasteiger partial charge in [0.1, 0.15) is 17.0 Å². The van der Waals surface area contributed by atoms with E-state index in [1.54, 1.807) is 0 Å². The van der Waals surface area contributed by atoms with E-state index in [2.05, 4.69) is 154 Å². The third-order valence-corrected chi connectivity index (χ3v) is 10.2. The summed E-state index contributed by atoms with van der Waals surface area (Å²) >= 11 is 0. The predicted octanol–water partition coefficient (Wildman–Crippen LogP) is 13.7. The molecule has 1 N–H and O–H groups in total. The summed E-state index contributed by atoms with van der Waals surface area (Å²) in [5.41, 5.74) is 14.3. The lowest BCUT2D eigenvalue weighted by Crippen LogP contribution is -2.29. The molecule has 0 aliphatic heterocycles. The van der Waals surface area contributed by atoms with Gasteiger partial charge in [-0.1, -0.05) is 131 Å². The van der Waals surface area contributed by atoms with Crippen molar-refractivity contribution < 1.29 is 4.42 Å². The number of nitrogens with one attached hydrogen (secondary N) is 1. The Morgan fingerprint density at radius 1 is 0.566 bits per heavy atom. The van der Waals surface area contributed by atoms with Gasteiger partial charge >= 0.3 is 0 Å². The molecule has 53 heavy (non-hydrogen) atoms. The molecule has 0 aliphatic rings. The minimum Gasteiger partial charge on any atom is -0.455 e. The van der Waals surface area contributed by atoms with Crippen LogP contribution >= 0.6 is 0 Å². The number of aromatic nitrogens is 1. The number of anilines is 2. The monoisotopic (exact) mass is 689 g/mol. The molecule has 0 unspecified atom stereocenters. The average molecular weight is 690 g/mol. The summed E-state index contributed by atoms with van der Waals surface area (Å²) < 4.78 is 6.75. The van der Waals surface area contributed by atoms with Crippen LogP contribution in [0.5, 0.6) is 0 Å². The molecule has 4 heteroatoms. The molecule has 0 bridgehead atoms. The number of aryl methyl sites for hydroxylation is 1. The Bertz CT molecular complexity index is 2540. The van der Waals surface area contributed by atoms with Crippen molar-refractivity contribution >= 4 is 39.1 Å². The highest BCUT2D eigenvalue weighted by Crippen LogP contribution is 2.44.